The number of guanidine groups is 1. The molecule has 2 aliphatic heterocycles. The monoisotopic (exact) mass is 474 g/mol. The van der Waals surface area contributed by atoms with Crippen molar-refractivity contribution in [1.29, 1.82) is 0 Å². The van der Waals surface area contributed by atoms with Crippen molar-refractivity contribution in [3.63, 3.8) is 0 Å². The molecule has 0 aliphatic carbocycles. The molecule has 0 aromatic carbocycles. The lowest BCUT2D eigenvalue weighted by Gasteiger charge is -2.25. The fraction of sp³-hybridized carbons (Fsp3) is 0.722. The van der Waals surface area contributed by atoms with E-state index in [1.165, 1.54) is 25.7 Å². The number of hydrogen-bond donors (Lipinski definition) is 1. The molecule has 7 nitrogen and oxygen atoms in total. The molecule has 1 aromatic rings. The number of hydrogen-bond acceptors (Lipinski definition) is 3. The molecule has 2 fully saturated rings. The Morgan fingerprint density at radius 1 is 1.27 bits per heavy atom. The first-order valence-corrected chi connectivity index (χ1v) is 9.28. The van der Waals surface area contributed by atoms with Crippen molar-refractivity contribution in [3.05, 3.63) is 17.5 Å². The molecule has 1 aromatic heterocycles. The lowest BCUT2D eigenvalue weighted by molar-refractivity contribution is -0.127. The van der Waals surface area contributed by atoms with E-state index in [-0.39, 0.29) is 41.8 Å². The molecule has 0 spiro atoms. The summed E-state index contributed by atoms with van der Waals surface area (Å²) in [6.07, 6.45) is 7.30. The third kappa shape index (κ3) is 4.32. The van der Waals surface area contributed by atoms with E-state index in [1.54, 1.807) is 0 Å². The Bertz CT molecular complexity index is 650. The van der Waals surface area contributed by atoms with Crippen LogP contribution in [0, 0.1) is 12.8 Å². The second-order valence-corrected chi connectivity index (χ2v) is 7.32. The van der Waals surface area contributed by atoms with Gasteiger partial charge in [-0.15, -0.1) is 24.0 Å². The van der Waals surface area contributed by atoms with Gasteiger partial charge in [0.05, 0.1) is 12.2 Å². The maximum Gasteiger partial charge on any atom is 0.223 e. The van der Waals surface area contributed by atoms with E-state index in [2.05, 4.69) is 15.0 Å². The Morgan fingerprint density at radius 2 is 1.92 bits per heavy atom. The zero-order valence-electron chi connectivity index (χ0n) is 16.0. The van der Waals surface area contributed by atoms with Gasteiger partial charge in [-0.05, 0) is 19.8 Å². The van der Waals surface area contributed by atoms with Crippen LogP contribution in [-0.2, 0) is 11.8 Å². The zero-order chi connectivity index (χ0) is 18.0. The number of amides is 1. The Hall–Kier alpha value is -1.32. The molecule has 2 aliphatic rings. The maximum absolute atomic E-state index is 12.3. The minimum absolute atomic E-state index is 0. The van der Waals surface area contributed by atoms with E-state index in [4.69, 9.17) is 5.73 Å². The van der Waals surface area contributed by atoms with Crippen molar-refractivity contribution < 1.29 is 4.79 Å². The second-order valence-electron chi connectivity index (χ2n) is 7.32. The molecular formula is C18H31IN6O. The van der Waals surface area contributed by atoms with Crippen LogP contribution in [0.1, 0.15) is 49.4 Å². The lowest BCUT2D eigenvalue weighted by atomic mass is 9.94. The van der Waals surface area contributed by atoms with Gasteiger partial charge in [0.25, 0.3) is 0 Å². The maximum atomic E-state index is 12.3. The van der Waals surface area contributed by atoms with Crippen molar-refractivity contribution in [3.8, 4) is 0 Å². The number of carbonyl (C=O) groups excluding carboxylic acids is 1. The van der Waals surface area contributed by atoms with Gasteiger partial charge in [0.1, 0.15) is 0 Å². The summed E-state index contributed by atoms with van der Waals surface area (Å²) in [7, 11) is 3.81. The van der Waals surface area contributed by atoms with Crippen LogP contribution >= 0.6 is 24.0 Å². The molecule has 2 atom stereocenters. The van der Waals surface area contributed by atoms with Crippen LogP contribution in [0.3, 0.4) is 0 Å². The van der Waals surface area contributed by atoms with E-state index in [1.807, 2.05) is 36.8 Å². The SMILES string of the molecule is Cc1c([C@H]2[C@H](CN=C(N)N3CCCCCC3)CC(=O)N2C)cnn1C.I. The molecule has 1 amide bonds. The number of nitrogens with two attached hydrogens (primary N) is 1. The predicted octanol–water partition coefficient (Wildman–Crippen LogP) is 2.06. The number of likely N-dealkylation sites (tertiary alicyclic amines) is 2. The van der Waals surface area contributed by atoms with Gasteiger partial charge < -0.3 is 15.5 Å². The first-order chi connectivity index (χ1) is 12.0. The van der Waals surface area contributed by atoms with E-state index < -0.39 is 0 Å². The largest absolute Gasteiger partial charge is 0.370 e. The number of aryl methyl sites for hydroxylation is 1. The Morgan fingerprint density at radius 3 is 2.50 bits per heavy atom. The van der Waals surface area contributed by atoms with Crippen LogP contribution in [0.5, 0.6) is 0 Å². The van der Waals surface area contributed by atoms with Gasteiger partial charge in [0, 0.05) is 57.3 Å². The highest BCUT2D eigenvalue weighted by molar-refractivity contribution is 14.0. The number of aromatic nitrogens is 2. The average molecular weight is 474 g/mol. The van der Waals surface area contributed by atoms with Crippen molar-refractivity contribution in [2.45, 2.75) is 45.1 Å². The highest BCUT2D eigenvalue weighted by atomic mass is 127. The van der Waals surface area contributed by atoms with Gasteiger partial charge in [0.15, 0.2) is 5.96 Å². The normalized spacial score (nSPS) is 24.6. The molecular weight excluding hydrogens is 443 g/mol. The molecule has 3 rings (SSSR count). The van der Waals surface area contributed by atoms with Gasteiger partial charge in [-0.3, -0.25) is 14.5 Å². The second kappa shape index (κ2) is 9.05. The minimum atomic E-state index is 0. The van der Waals surface area contributed by atoms with Crippen LogP contribution < -0.4 is 5.73 Å². The summed E-state index contributed by atoms with van der Waals surface area (Å²) < 4.78 is 1.86. The molecule has 0 saturated carbocycles. The number of rotatable bonds is 3. The molecule has 26 heavy (non-hydrogen) atoms. The molecule has 146 valence electrons. The van der Waals surface area contributed by atoms with Gasteiger partial charge >= 0.3 is 0 Å². The molecule has 2 N–H and O–H groups in total. The van der Waals surface area contributed by atoms with E-state index in [9.17, 15) is 4.79 Å². The van der Waals surface area contributed by atoms with Crippen molar-refractivity contribution in [2.24, 2.45) is 23.7 Å². The summed E-state index contributed by atoms with van der Waals surface area (Å²) in [6, 6.07) is 0.0295. The average Bonchev–Trinajstić information content (AvgIpc) is 2.94. The van der Waals surface area contributed by atoms with E-state index >= 15 is 0 Å². The number of carbonyl (C=O) groups is 1. The summed E-state index contributed by atoms with van der Waals surface area (Å²) in [6.45, 7) is 4.61. The molecule has 3 heterocycles. The van der Waals surface area contributed by atoms with Crippen LogP contribution in [0.2, 0.25) is 0 Å². The van der Waals surface area contributed by atoms with Gasteiger partial charge in [-0.1, -0.05) is 12.8 Å². The highest BCUT2D eigenvalue weighted by Gasteiger charge is 2.39. The first kappa shape index (κ1) is 21.0. The molecule has 8 heteroatoms. The fourth-order valence-corrected chi connectivity index (χ4v) is 3.99. The van der Waals surface area contributed by atoms with Crippen molar-refractivity contribution in [1.82, 2.24) is 19.6 Å². The first-order valence-electron chi connectivity index (χ1n) is 9.28. The zero-order valence-corrected chi connectivity index (χ0v) is 18.3. The minimum Gasteiger partial charge on any atom is -0.370 e. The molecule has 0 radical (unpaired) electrons. The number of halogens is 1. The predicted molar refractivity (Wildman–Crippen MR) is 114 cm³/mol. The molecule has 0 unspecified atom stereocenters. The number of aliphatic imine (C=N–C) groups is 1. The Kier molecular flexibility index (Phi) is 7.31. The summed E-state index contributed by atoms with van der Waals surface area (Å²) in [5.41, 5.74) is 8.46. The molecule has 0 bridgehead atoms. The van der Waals surface area contributed by atoms with E-state index in [0.29, 0.717) is 18.9 Å². The van der Waals surface area contributed by atoms with E-state index in [0.717, 1.165) is 24.3 Å². The van der Waals surface area contributed by atoms with Crippen molar-refractivity contribution in [2.75, 3.05) is 26.7 Å². The summed E-state index contributed by atoms with van der Waals surface area (Å²) >= 11 is 0. The smallest absolute Gasteiger partial charge is 0.223 e. The summed E-state index contributed by atoms with van der Waals surface area (Å²) in [5, 5.41) is 4.34. The third-order valence-electron chi connectivity index (χ3n) is 5.70. The van der Waals surface area contributed by atoms with Crippen LogP contribution in [0.25, 0.3) is 0 Å². The standard InChI is InChI=1S/C18H30N6O.HI/c1-13-15(12-21-23(13)3)17-14(10-16(25)22(17)2)11-20-18(19)24-8-6-4-5-7-9-24;/h12,14,17H,4-11H2,1-3H3,(H2,19,20);1H/t14-,17+;/m0./s1. The Balaban J connectivity index is 0.00000243. The number of nitrogens with zero attached hydrogens (tertiary/aromatic N) is 5. The van der Waals surface area contributed by atoms with Crippen molar-refractivity contribution >= 4 is 35.8 Å². The quantitative estimate of drug-likeness (QED) is 0.413. The Labute approximate surface area is 173 Å². The topological polar surface area (TPSA) is 79.8 Å². The van der Waals surface area contributed by atoms with Gasteiger partial charge in [-0.25, -0.2) is 0 Å². The van der Waals surface area contributed by atoms with Gasteiger partial charge in [0.2, 0.25) is 5.91 Å². The highest BCUT2D eigenvalue weighted by Crippen LogP contribution is 2.38. The third-order valence-corrected chi connectivity index (χ3v) is 5.70. The summed E-state index contributed by atoms with van der Waals surface area (Å²) in [4.78, 5) is 21.0. The lowest BCUT2D eigenvalue weighted by Crippen LogP contribution is -2.38. The molecule has 2 saturated heterocycles. The van der Waals surface area contributed by atoms with Gasteiger partial charge in [-0.2, -0.15) is 5.10 Å². The van der Waals surface area contributed by atoms with Crippen LogP contribution in [0.15, 0.2) is 11.2 Å². The van der Waals surface area contributed by atoms with Crippen LogP contribution in [-0.4, -0.2) is 58.1 Å². The fourth-order valence-electron chi connectivity index (χ4n) is 3.99. The van der Waals surface area contributed by atoms with Crippen LogP contribution in [0.4, 0.5) is 0 Å². The summed E-state index contributed by atoms with van der Waals surface area (Å²) in [5.74, 6) is 0.943.